The molecule has 5 rings (SSSR count). The number of nitrogens with zero attached hydrogens (tertiary/aromatic N) is 1. The van der Waals surface area contributed by atoms with Crippen LogP contribution in [0.1, 0.15) is 4.88 Å². The molecular weight excluding hydrogens is 434 g/mol. The van der Waals surface area contributed by atoms with Crippen LogP contribution in [0.5, 0.6) is 0 Å². The Hall–Kier alpha value is -2.14. The second-order valence-electron chi connectivity index (χ2n) is 6.39. The number of benzene rings is 3. The number of halogens is 1. The molecule has 0 spiro atoms. The third kappa shape index (κ3) is 2.80. The summed E-state index contributed by atoms with van der Waals surface area (Å²) in [5.41, 5.74) is 3.66. The Labute approximate surface area is 174 Å². The lowest BCUT2D eigenvalue weighted by Crippen LogP contribution is -2.10. The minimum absolute atomic E-state index is 1.15. The summed E-state index contributed by atoms with van der Waals surface area (Å²) in [7, 11) is 0. The molecule has 0 bridgehead atoms. The highest BCUT2D eigenvalue weighted by molar-refractivity contribution is 9.11. The van der Waals surface area contributed by atoms with Crippen LogP contribution in [0, 0.1) is 6.92 Å². The van der Waals surface area contributed by atoms with Crippen molar-refractivity contribution in [2.75, 3.05) is 4.90 Å². The van der Waals surface area contributed by atoms with E-state index < -0.39 is 0 Å². The monoisotopic (exact) mass is 449 g/mol. The van der Waals surface area contributed by atoms with Crippen molar-refractivity contribution in [3.05, 3.63) is 87.5 Å². The van der Waals surface area contributed by atoms with Gasteiger partial charge in [-0.1, -0.05) is 54.6 Å². The van der Waals surface area contributed by atoms with E-state index in [9.17, 15) is 0 Å². The van der Waals surface area contributed by atoms with Gasteiger partial charge in [0.25, 0.3) is 0 Å². The summed E-state index contributed by atoms with van der Waals surface area (Å²) in [5, 5.41) is 2.57. The van der Waals surface area contributed by atoms with Crippen LogP contribution in [-0.2, 0) is 0 Å². The molecule has 2 aromatic heterocycles. The topological polar surface area (TPSA) is 3.24 Å². The van der Waals surface area contributed by atoms with Crippen molar-refractivity contribution < 1.29 is 0 Å². The Morgan fingerprint density at radius 2 is 1.22 bits per heavy atom. The summed E-state index contributed by atoms with van der Waals surface area (Å²) in [6.45, 7) is 2.22. The number of rotatable bonds is 3. The van der Waals surface area contributed by atoms with Gasteiger partial charge in [-0.05, 0) is 47.1 Å². The van der Waals surface area contributed by atoms with Gasteiger partial charge in [-0.25, -0.2) is 0 Å². The smallest absolute Gasteiger partial charge is 0.0951 e. The van der Waals surface area contributed by atoms with Gasteiger partial charge in [0.05, 0.1) is 15.2 Å². The van der Waals surface area contributed by atoms with Crippen molar-refractivity contribution in [3.63, 3.8) is 0 Å². The fraction of sp³-hybridized carbons (Fsp3) is 0.0435. The lowest BCUT2D eigenvalue weighted by atomic mass is 10.1. The maximum absolute atomic E-state index is 3.86. The van der Waals surface area contributed by atoms with Crippen LogP contribution in [-0.4, -0.2) is 0 Å². The quantitative estimate of drug-likeness (QED) is 0.266. The molecule has 5 aromatic rings. The number of aryl methyl sites for hydroxylation is 1. The predicted octanol–water partition coefficient (Wildman–Crippen LogP) is 8.66. The van der Waals surface area contributed by atoms with Crippen LogP contribution in [0.3, 0.4) is 0 Å². The zero-order valence-electron chi connectivity index (χ0n) is 14.6. The van der Waals surface area contributed by atoms with E-state index in [0.29, 0.717) is 0 Å². The van der Waals surface area contributed by atoms with E-state index >= 15 is 0 Å². The summed E-state index contributed by atoms with van der Waals surface area (Å²) >= 11 is 7.51. The Kier molecular flexibility index (Phi) is 4.27. The maximum atomic E-state index is 3.86. The van der Waals surface area contributed by atoms with Crippen molar-refractivity contribution >= 4 is 75.8 Å². The molecule has 1 nitrogen and oxygen atoms in total. The molecule has 0 aliphatic rings. The molecule has 4 heteroatoms. The molecule has 3 aromatic carbocycles. The number of hydrogen-bond acceptors (Lipinski definition) is 3. The van der Waals surface area contributed by atoms with Gasteiger partial charge in [-0.3, -0.25) is 0 Å². The fourth-order valence-electron chi connectivity index (χ4n) is 3.59. The summed E-state index contributed by atoms with van der Waals surface area (Å²) in [4.78, 5) is 3.74. The summed E-state index contributed by atoms with van der Waals surface area (Å²) in [6.07, 6.45) is 0. The van der Waals surface area contributed by atoms with Crippen molar-refractivity contribution in [2.45, 2.75) is 6.92 Å². The van der Waals surface area contributed by atoms with Crippen LogP contribution < -0.4 is 4.90 Å². The van der Waals surface area contributed by atoms with Gasteiger partial charge in [0, 0.05) is 30.7 Å². The Morgan fingerprint density at radius 1 is 0.667 bits per heavy atom. The first-order valence-corrected chi connectivity index (χ1v) is 11.2. The first kappa shape index (κ1) is 17.0. The van der Waals surface area contributed by atoms with Gasteiger partial charge in [0.2, 0.25) is 0 Å². The van der Waals surface area contributed by atoms with Crippen LogP contribution in [0.25, 0.3) is 20.2 Å². The molecule has 0 aliphatic heterocycles. The highest BCUT2D eigenvalue weighted by Gasteiger charge is 2.24. The van der Waals surface area contributed by atoms with Crippen LogP contribution in [0.15, 0.2) is 82.6 Å². The molecule has 0 amide bonds. The van der Waals surface area contributed by atoms with Crippen molar-refractivity contribution in [2.24, 2.45) is 0 Å². The molecule has 0 saturated carbocycles. The second kappa shape index (κ2) is 6.79. The second-order valence-corrected chi connectivity index (χ2v) is 10.0. The van der Waals surface area contributed by atoms with Gasteiger partial charge < -0.3 is 4.90 Å². The number of hydrogen-bond donors (Lipinski definition) is 0. The lowest BCUT2D eigenvalue weighted by Gasteiger charge is -2.26. The summed E-state index contributed by atoms with van der Waals surface area (Å²) < 4.78 is 3.77. The minimum atomic E-state index is 1.15. The Morgan fingerprint density at radius 3 is 1.93 bits per heavy atom. The van der Waals surface area contributed by atoms with Gasteiger partial charge in [0.1, 0.15) is 0 Å². The first-order chi connectivity index (χ1) is 13.2. The Bertz CT molecular complexity index is 1170. The summed E-state index contributed by atoms with van der Waals surface area (Å²) in [6, 6.07) is 28.0. The standard InChI is InChI=1S/C23H16BrNS2/c1-15-21(17-11-5-7-13-19(17)26-15)25(16-9-3-2-4-10-16)22-18-12-6-8-14-20(18)27-23(22)24/h2-14H,1H3. The molecule has 0 N–H and O–H groups in total. The largest absolute Gasteiger partial charge is 0.306 e. The van der Waals surface area contributed by atoms with Crippen molar-refractivity contribution in [1.82, 2.24) is 0 Å². The molecule has 27 heavy (non-hydrogen) atoms. The van der Waals surface area contributed by atoms with Crippen molar-refractivity contribution in [1.29, 1.82) is 0 Å². The number of anilines is 3. The van der Waals surface area contributed by atoms with E-state index in [1.807, 2.05) is 11.3 Å². The zero-order chi connectivity index (χ0) is 18.4. The maximum Gasteiger partial charge on any atom is 0.0951 e. The number of fused-ring (bicyclic) bond motifs is 2. The zero-order valence-corrected chi connectivity index (χ0v) is 17.9. The molecule has 0 unspecified atom stereocenters. The Balaban J connectivity index is 1.88. The van der Waals surface area contributed by atoms with Gasteiger partial charge in [0.15, 0.2) is 0 Å². The normalized spacial score (nSPS) is 11.3. The molecule has 0 atom stereocenters. The van der Waals surface area contributed by atoms with Gasteiger partial charge in [-0.2, -0.15) is 0 Å². The van der Waals surface area contributed by atoms with E-state index in [-0.39, 0.29) is 0 Å². The number of thiophene rings is 2. The SMILES string of the molecule is Cc1sc2ccccc2c1N(c1ccccc1)c1c(Br)sc2ccccc12. The van der Waals surface area contributed by atoms with Crippen LogP contribution in [0.4, 0.5) is 17.1 Å². The fourth-order valence-corrected chi connectivity index (χ4v) is 6.46. The van der Waals surface area contributed by atoms with Crippen LogP contribution >= 0.6 is 38.6 Å². The lowest BCUT2D eigenvalue weighted by molar-refractivity contribution is 1.30. The molecule has 2 heterocycles. The highest BCUT2D eigenvalue weighted by atomic mass is 79.9. The van der Waals surface area contributed by atoms with Crippen molar-refractivity contribution in [3.8, 4) is 0 Å². The molecule has 0 radical (unpaired) electrons. The molecule has 132 valence electrons. The van der Waals surface area contributed by atoms with Gasteiger partial charge >= 0.3 is 0 Å². The van der Waals surface area contributed by atoms with E-state index in [1.165, 1.54) is 42.1 Å². The highest BCUT2D eigenvalue weighted by Crippen LogP contribution is 2.51. The minimum Gasteiger partial charge on any atom is -0.306 e. The summed E-state index contributed by atoms with van der Waals surface area (Å²) in [5.74, 6) is 0. The van der Waals surface area contributed by atoms with E-state index in [4.69, 9.17) is 0 Å². The predicted molar refractivity (Wildman–Crippen MR) is 124 cm³/mol. The van der Waals surface area contributed by atoms with E-state index in [2.05, 4.69) is 107 Å². The first-order valence-electron chi connectivity index (χ1n) is 8.74. The molecule has 0 saturated heterocycles. The molecular formula is C23H16BrNS2. The van der Waals surface area contributed by atoms with Crippen LogP contribution in [0.2, 0.25) is 0 Å². The molecule has 0 fully saturated rings. The average Bonchev–Trinajstić information content (AvgIpc) is 3.20. The number of para-hydroxylation sites is 1. The van der Waals surface area contributed by atoms with Gasteiger partial charge in [-0.15, -0.1) is 22.7 Å². The third-order valence-corrected chi connectivity index (χ3v) is 7.61. The average molecular weight is 450 g/mol. The molecule has 0 aliphatic carbocycles. The van der Waals surface area contributed by atoms with E-state index in [1.54, 1.807) is 11.3 Å². The van der Waals surface area contributed by atoms with E-state index in [0.717, 1.165) is 3.79 Å². The third-order valence-electron chi connectivity index (χ3n) is 4.73.